The van der Waals surface area contributed by atoms with Crippen molar-refractivity contribution in [3.05, 3.63) is 16.8 Å². The highest BCUT2D eigenvalue weighted by Crippen LogP contribution is 2.37. The maximum atomic E-state index is 12.6. The summed E-state index contributed by atoms with van der Waals surface area (Å²) in [6, 6.07) is 2.19. The maximum absolute atomic E-state index is 12.6. The second kappa shape index (κ2) is 10.2. The Hall–Kier alpha value is -2.35. The summed E-state index contributed by atoms with van der Waals surface area (Å²) in [7, 11) is 0. The lowest BCUT2D eigenvalue weighted by molar-refractivity contribution is 0.0178. The van der Waals surface area contributed by atoms with Crippen LogP contribution in [0.1, 0.15) is 84.9 Å². The molecule has 0 aromatic carbocycles. The zero-order valence-corrected chi connectivity index (χ0v) is 24.1. The number of unbranched alkanes of at least 4 members (excludes halogenated alkanes) is 1. The van der Waals surface area contributed by atoms with E-state index in [4.69, 9.17) is 14.7 Å². The maximum Gasteiger partial charge on any atom is 0.410 e. The van der Waals surface area contributed by atoms with Crippen LogP contribution in [0.5, 0.6) is 0 Å². The second-order valence-electron chi connectivity index (χ2n) is 12.3. The Morgan fingerprint density at radius 1 is 1.17 bits per heavy atom. The zero-order valence-electron chi connectivity index (χ0n) is 23.3. The van der Waals surface area contributed by atoms with Crippen molar-refractivity contribution < 1.29 is 9.53 Å². The molecule has 1 N–H and O–H groups in total. The van der Waals surface area contributed by atoms with Gasteiger partial charge in [0.05, 0.1) is 15.7 Å². The van der Waals surface area contributed by atoms with E-state index in [1.54, 1.807) is 0 Å². The molecule has 0 aliphatic carbocycles. The minimum atomic E-state index is -0.463. The largest absolute Gasteiger partial charge is 0.444 e. The van der Waals surface area contributed by atoms with E-state index in [-0.39, 0.29) is 11.6 Å². The van der Waals surface area contributed by atoms with Crippen molar-refractivity contribution in [3.8, 4) is 0 Å². The fourth-order valence-electron chi connectivity index (χ4n) is 4.87. The fraction of sp³-hybridized carbons (Fsp3) is 0.679. The van der Waals surface area contributed by atoms with Gasteiger partial charge < -0.3 is 19.5 Å². The standard InChI is InChI=1S/C28H43N5O2S/c1-9-10-11-21-30-22-23(24-20(16-18(2)36-24)29-25(22)31-27(3,4)5)33(21)17-19-12-14-32(15-13-19)26(34)35-28(6,7)8/h16,19H,9-15,17H2,1-8H3,(H,29,31). The Bertz CT molecular complexity index is 1220. The van der Waals surface area contributed by atoms with Crippen molar-refractivity contribution in [2.24, 2.45) is 5.92 Å². The SMILES string of the molecule is CCCCc1nc2c(NC(C)(C)C)nc3cc(C)sc3c2n1CC1CCN(C(=O)OC(C)(C)C)CC1. The fourth-order valence-corrected chi connectivity index (χ4v) is 5.87. The first-order chi connectivity index (χ1) is 16.8. The van der Waals surface area contributed by atoms with Crippen LogP contribution >= 0.6 is 11.3 Å². The monoisotopic (exact) mass is 513 g/mol. The first-order valence-corrected chi connectivity index (χ1v) is 14.2. The minimum absolute atomic E-state index is 0.111. The van der Waals surface area contributed by atoms with Gasteiger partial charge in [0.25, 0.3) is 0 Å². The zero-order chi connectivity index (χ0) is 26.3. The predicted octanol–water partition coefficient (Wildman–Crippen LogP) is 7.15. The lowest BCUT2D eigenvalue weighted by atomic mass is 9.96. The number of anilines is 1. The van der Waals surface area contributed by atoms with Gasteiger partial charge in [-0.25, -0.2) is 14.8 Å². The van der Waals surface area contributed by atoms with Gasteiger partial charge in [-0.15, -0.1) is 11.3 Å². The lowest BCUT2D eigenvalue weighted by Crippen LogP contribution is -2.42. The van der Waals surface area contributed by atoms with Gasteiger partial charge in [-0.1, -0.05) is 13.3 Å². The highest BCUT2D eigenvalue weighted by molar-refractivity contribution is 7.19. The molecule has 0 bridgehead atoms. The van der Waals surface area contributed by atoms with Crippen molar-refractivity contribution in [2.75, 3.05) is 18.4 Å². The van der Waals surface area contributed by atoms with E-state index in [9.17, 15) is 4.79 Å². The quantitative estimate of drug-likeness (QED) is 0.379. The van der Waals surface area contributed by atoms with Crippen LogP contribution < -0.4 is 5.32 Å². The summed E-state index contributed by atoms with van der Waals surface area (Å²) in [6.45, 7) is 19.0. The van der Waals surface area contributed by atoms with Crippen LogP contribution in [0.25, 0.3) is 21.3 Å². The molecule has 8 heteroatoms. The molecule has 1 aliphatic heterocycles. The van der Waals surface area contributed by atoms with Gasteiger partial charge in [-0.05, 0) is 79.7 Å². The number of carbonyl (C=O) groups is 1. The van der Waals surface area contributed by atoms with Crippen LogP contribution in [0.4, 0.5) is 10.6 Å². The number of imidazole rings is 1. The number of ether oxygens (including phenoxy) is 1. The van der Waals surface area contributed by atoms with Crippen LogP contribution in [0.15, 0.2) is 6.07 Å². The molecule has 0 unspecified atom stereocenters. The molecule has 0 saturated carbocycles. The summed E-state index contributed by atoms with van der Waals surface area (Å²) < 4.78 is 9.31. The number of aromatic nitrogens is 3. The van der Waals surface area contributed by atoms with E-state index in [1.807, 2.05) is 37.0 Å². The number of pyridine rings is 1. The Balaban J connectivity index is 1.68. The number of nitrogens with one attached hydrogen (secondary N) is 1. The summed E-state index contributed by atoms with van der Waals surface area (Å²) >= 11 is 1.81. The van der Waals surface area contributed by atoms with Gasteiger partial charge in [-0.3, -0.25) is 0 Å². The summed E-state index contributed by atoms with van der Waals surface area (Å²) in [5.74, 6) is 2.52. The van der Waals surface area contributed by atoms with Crippen molar-refractivity contribution in [1.29, 1.82) is 0 Å². The Morgan fingerprint density at radius 2 is 1.86 bits per heavy atom. The molecule has 4 rings (SSSR count). The summed E-state index contributed by atoms with van der Waals surface area (Å²) in [6.07, 6.45) is 4.95. The number of nitrogens with zero attached hydrogens (tertiary/aromatic N) is 4. The van der Waals surface area contributed by atoms with E-state index in [0.29, 0.717) is 5.92 Å². The lowest BCUT2D eigenvalue weighted by Gasteiger charge is -2.33. The number of likely N-dealkylation sites (tertiary alicyclic amines) is 1. The molecule has 0 spiro atoms. The van der Waals surface area contributed by atoms with Gasteiger partial charge in [0.2, 0.25) is 0 Å². The van der Waals surface area contributed by atoms with Crippen LogP contribution in [0.3, 0.4) is 0 Å². The molecule has 3 aromatic rings. The Labute approximate surface area is 219 Å². The highest BCUT2D eigenvalue weighted by atomic mass is 32.1. The first-order valence-electron chi connectivity index (χ1n) is 13.4. The smallest absolute Gasteiger partial charge is 0.410 e. The van der Waals surface area contributed by atoms with Crippen molar-refractivity contribution >= 4 is 44.5 Å². The third kappa shape index (κ3) is 6.13. The average Bonchev–Trinajstić information content (AvgIpc) is 3.30. The molecule has 4 heterocycles. The summed E-state index contributed by atoms with van der Waals surface area (Å²) in [5, 5.41) is 3.62. The first kappa shape index (κ1) is 26.7. The van der Waals surface area contributed by atoms with Crippen LogP contribution in [-0.2, 0) is 17.7 Å². The number of thiophene rings is 1. The number of hydrogen-bond donors (Lipinski definition) is 1. The van der Waals surface area contributed by atoms with Gasteiger partial charge in [0, 0.05) is 36.5 Å². The molecule has 36 heavy (non-hydrogen) atoms. The summed E-state index contributed by atoms with van der Waals surface area (Å²) in [5.41, 5.74) is 2.66. The minimum Gasteiger partial charge on any atom is -0.444 e. The predicted molar refractivity (Wildman–Crippen MR) is 150 cm³/mol. The number of aryl methyl sites for hydroxylation is 2. The normalized spacial score (nSPS) is 15.7. The molecule has 0 radical (unpaired) electrons. The molecular formula is C28H43N5O2S. The van der Waals surface area contributed by atoms with Gasteiger partial charge >= 0.3 is 6.09 Å². The molecule has 1 saturated heterocycles. The third-order valence-electron chi connectivity index (χ3n) is 6.51. The molecule has 0 atom stereocenters. The van der Waals surface area contributed by atoms with E-state index in [0.717, 1.165) is 74.4 Å². The molecular weight excluding hydrogens is 470 g/mol. The Kier molecular flexibility index (Phi) is 7.56. The number of rotatable bonds is 6. The molecule has 1 amide bonds. The molecule has 198 valence electrons. The van der Waals surface area contributed by atoms with Crippen LogP contribution in [0.2, 0.25) is 0 Å². The second-order valence-corrected chi connectivity index (χ2v) is 13.5. The van der Waals surface area contributed by atoms with E-state index < -0.39 is 5.60 Å². The Morgan fingerprint density at radius 3 is 2.47 bits per heavy atom. The van der Waals surface area contributed by atoms with Crippen LogP contribution in [-0.4, -0.2) is 49.8 Å². The summed E-state index contributed by atoms with van der Waals surface area (Å²) in [4.78, 5) is 25.9. The molecule has 7 nitrogen and oxygen atoms in total. The molecule has 3 aromatic heterocycles. The van der Waals surface area contributed by atoms with Crippen molar-refractivity contribution in [1.82, 2.24) is 19.4 Å². The number of fused-ring (bicyclic) bond motifs is 3. The highest BCUT2D eigenvalue weighted by Gasteiger charge is 2.29. The topological polar surface area (TPSA) is 72.3 Å². The number of carbonyl (C=O) groups excluding carboxylic acids is 1. The van der Waals surface area contributed by atoms with E-state index in [1.165, 1.54) is 15.1 Å². The van der Waals surface area contributed by atoms with Gasteiger partial charge in [0.15, 0.2) is 5.82 Å². The average molecular weight is 514 g/mol. The number of hydrogen-bond acceptors (Lipinski definition) is 6. The molecule has 1 fully saturated rings. The van der Waals surface area contributed by atoms with Crippen molar-refractivity contribution in [2.45, 2.75) is 105 Å². The number of piperidine rings is 1. The van der Waals surface area contributed by atoms with Gasteiger partial charge in [-0.2, -0.15) is 0 Å². The van der Waals surface area contributed by atoms with Gasteiger partial charge in [0.1, 0.15) is 16.9 Å². The van der Waals surface area contributed by atoms with Crippen molar-refractivity contribution in [3.63, 3.8) is 0 Å². The van der Waals surface area contributed by atoms with E-state index >= 15 is 0 Å². The third-order valence-corrected chi connectivity index (χ3v) is 7.55. The van der Waals surface area contributed by atoms with E-state index in [2.05, 4.69) is 50.6 Å². The molecule has 1 aliphatic rings. The van der Waals surface area contributed by atoms with Crippen LogP contribution in [0, 0.1) is 12.8 Å². The number of amides is 1.